The van der Waals surface area contributed by atoms with E-state index in [4.69, 9.17) is 134 Å². The second-order valence-corrected chi connectivity index (χ2v) is 44.0. The number of cyclic esters (lactones) is 2. The molecule has 0 unspecified atom stereocenters. The first kappa shape index (κ1) is 123. The molecule has 0 radical (unpaired) electrons. The third kappa shape index (κ3) is 29.6. The van der Waals surface area contributed by atoms with E-state index < -0.39 is 239 Å². The van der Waals surface area contributed by atoms with Crippen molar-refractivity contribution in [3.05, 3.63) is 12.7 Å². The average molecular weight is 2050 g/mol. The Hall–Kier alpha value is -6.64. The van der Waals surface area contributed by atoms with Crippen LogP contribution in [0.1, 0.15) is 302 Å². The van der Waals surface area contributed by atoms with Gasteiger partial charge in [0.15, 0.2) is 60.8 Å². The van der Waals surface area contributed by atoms with Crippen LogP contribution in [-0.2, 0) is 138 Å². The van der Waals surface area contributed by atoms with Crippen molar-refractivity contribution in [2.75, 3.05) is 63.2 Å². The minimum Gasteiger partial charge on any atom is -0.458 e. The van der Waals surface area contributed by atoms with Gasteiger partial charge < -0.3 is 134 Å². The molecule has 38 nitrogen and oxygen atoms in total. The van der Waals surface area contributed by atoms with E-state index in [2.05, 4.69) is 12.6 Å². The van der Waals surface area contributed by atoms with E-state index in [0.29, 0.717) is 49.9 Å². The van der Waals surface area contributed by atoms with E-state index >= 15 is 4.79 Å². The molecule has 0 bridgehead atoms. The van der Waals surface area contributed by atoms with Crippen LogP contribution in [-0.4, -0.2) is 318 Å². The molecule has 2 saturated carbocycles. The molecule has 2 aliphatic carbocycles. The number of esters is 4. The monoisotopic (exact) mass is 2050 g/mol. The number of carbonyl (C=O) groups is 6. The third-order valence-corrected chi connectivity index (χ3v) is 31.4. The molecule has 144 heavy (non-hydrogen) atoms. The van der Waals surface area contributed by atoms with E-state index in [1.807, 2.05) is 163 Å². The Morgan fingerprint density at radius 2 is 0.854 bits per heavy atom. The van der Waals surface area contributed by atoms with Gasteiger partial charge in [-0.2, -0.15) is 10.5 Å². The van der Waals surface area contributed by atoms with Crippen LogP contribution >= 0.6 is 0 Å². The molecule has 8 saturated heterocycles. The number of aliphatic hydroxyl groups is 1. The molecule has 0 amide bonds. The van der Waals surface area contributed by atoms with Crippen LogP contribution in [0.4, 0.5) is 9.59 Å². The molecule has 0 spiro atoms. The van der Waals surface area contributed by atoms with Crippen molar-refractivity contribution in [2.24, 2.45) is 57.7 Å². The molecular formula is C106H178N6O32. The summed E-state index contributed by atoms with van der Waals surface area (Å²) in [6.07, 6.45) is -7.16. The first-order chi connectivity index (χ1) is 67.5. The summed E-state index contributed by atoms with van der Waals surface area (Å²) in [5, 5.41) is 38.0. The van der Waals surface area contributed by atoms with Gasteiger partial charge in [0.1, 0.15) is 24.4 Å². The fourth-order valence-electron chi connectivity index (χ4n) is 23.7. The van der Waals surface area contributed by atoms with Gasteiger partial charge in [-0.15, -0.1) is 0 Å². The molecule has 8 aliphatic heterocycles. The van der Waals surface area contributed by atoms with Crippen LogP contribution in [0.5, 0.6) is 0 Å². The predicted octanol–water partition coefficient (Wildman–Crippen LogP) is 15.8. The minimum absolute atomic E-state index is 0.122. The van der Waals surface area contributed by atoms with Crippen molar-refractivity contribution in [1.29, 1.82) is 10.5 Å². The lowest BCUT2D eigenvalue weighted by atomic mass is 9.73. The second kappa shape index (κ2) is 52.9. The Morgan fingerprint density at radius 1 is 0.500 bits per heavy atom. The van der Waals surface area contributed by atoms with Crippen molar-refractivity contribution in [3.8, 4) is 12.1 Å². The van der Waals surface area contributed by atoms with Gasteiger partial charge in [-0.3, -0.25) is 19.2 Å². The van der Waals surface area contributed by atoms with Crippen molar-refractivity contribution in [2.45, 2.75) is 494 Å². The second-order valence-electron chi connectivity index (χ2n) is 44.0. The maximum Gasteiger partial charge on any atom is 0.509 e. The van der Waals surface area contributed by atoms with Crippen molar-refractivity contribution in [3.63, 3.8) is 0 Å². The zero-order valence-corrected chi connectivity index (χ0v) is 92.7. The van der Waals surface area contributed by atoms with Crippen LogP contribution < -0.4 is 0 Å². The largest absolute Gasteiger partial charge is 0.509 e. The first-order valence-electron chi connectivity index (χ1n) is 52.4. The number of aliphatic hydroxyl groups excluding tert-OH is 1. The minimum atomic E-state index is -1.47. The number of nitriles is 2. The highest BCUT2D eigenvalue weighted by atomic mass is 16.8. The maximum absolute atomic E-state index is 15.1. The number of hydrogen-bond acceptors (Lipinski definition) is 38. The van der Waals surface area contributed by atoms with E-state index in [1.165, 1.54) is 27.0 Å². The summed E-state index contributed by atoms with van der Waals surface area (Å²) in [7, 11) is 14.0. The van der Waals surface area contributed by atoms with Crippen molar-refractivity contribution in [1.82, 2.24) is 9.80 Å². The van der Waals surface area contributed by atoms with Gasteiger partial charge >= 0.3 is 36.2 Å². The molecule has 8 heterocycles. The number of ether oxygens (including phenoxy) is 23. The van der Waals surface area contributed by atoms with Crippen LogP contribution in [0, 0.1) is 70.0 Å². The number of fused-ring (bicyclic) bond motifs is 2. The van der Waals surface area contributed by atoms with Crippen LogP contribution in [0.3, 0.4) is 0 Å². The number of nitrogens with zero attached hydrogens (tertiary/aromatic N) is 6. The van der Waals surface area contributed by atoms with Crippen LogP contribution in [0.25, 0.3) is 0 Å². The molecule has 38 heteroatoms. The van der Waals surface area contributed by atoms with Gasteiger partial charge in [0, 0.05) is 122 Å². The topological polar surface area (TPSA) is 432 Å². The van der Waals surface area contributed by atoms with E-state index in [1.54, 1.807) is 68.9 Å². The van der Waals surface area contributed by atoms with E-state index in [9.17, 15) is 34.3 Å². The standard InChI is InChI=1S/C53H89N3O16.C50H86N2O16.C3H3N/c1-18-39-52(13)45(69-49(59)71-52)33(6)41(55-72-53(70-30(2)3)23-20-19-21-24-53)31(4)28-50(11,60-16)44(68-48-43(65-37(10)57)38(56(14)15)27-32(5)63-48)34(7)42(35(8)47(58)66-39)67-40-29-51(12,61-17)46(36(9)64-40)62-26-22-25-54;1-18-36-49(13)43(65-46(56)67-49)30(6)38(51-68-50(66-27(2)3)22-20-19-21-23-50)28(4)25-48(12,58-17)42(64-45-40(61-34(10)53)35(52(14)15)24-29(5)59-45)31(7)39(32(8)44(55)62-36)63-37-26-47(11,57-16)41(54)33(9)60-37;1-2-3-4/h30-36,38-40,42-46,48H,18-24,26-29H2,1-17H3;27-33,35-37,39-43,45,54H,18-26H2,1-17H3;2H,1H2/b55-41+;51-38+;/t31-,32-,33+,34+,35-,36+,38+,39-,40+,42+,43-,44-,45-,46+,48+,50-,51-,52-;28-,29-,30+,31+,32-,33+,35+,36-,37+,39+,40-,41+,42-,43-,45+,47-,48-,49-;/m11./s1. The van der Waals surface area contributed by atoms with Gasteiger partial charge in [0.25, 0.3) is 0 Å². The SMILES string of the molecule is C=CC#N.CC[C@H]1OC(=O)[C@H](C)[C@@H](O[C@H]2C[C@@](C)(OC)[C@@H](O)[C@H](C)O2)[C@H](C)[C@@H](O[C@@H]2O[C@H](C)C[C@H](N(C)C)[C@H]2OC(C)=O)[C@](C)(OC)C[C@@H](C)/C(=N\OC2(OC(C)C)CCCCC2)[C@H](C)[C@H]2OC(=O)O[C@@]21C.CC[C@H]1OC(=O)[C@H](C)[C@@H](O[C@H]2C[C@@](C)(OC)[C@@H](OCCC#N)[C@H](C)O2)[C@H](C)[C@@H](O[C@@H]2O[C@H](C)C[C@H](N(C)C)[C@H]2OC(C)=O)[C@](C)(OC)C[C@@H](C)/C(=N\OC2(OC(C)C)CCCCC2)[C@H](C)[C@H]2OC(=O)O[C@@]21C. The zero-order valence-electron chi connectivity index (χ0n) is 92.7. The first-order valence-corrected chi connectivity index (χ1v) is 52.4. The van der Waals surface area contributed by atoms with Gasteiger partial charge in [-0.25, -0.2) is 9.59 Å². The Balaban J connectivity index is 0.000000340. The summed E-state index contributed by atoms with van der Waals surface area (Å²) in [5.74, 6) is -9.95. The molecule has 0 aromatic carbocycles. The molecule has 1 N–H and O–H groups in total. The summed E-state index contributed by atoms with van der Waals surface area (Å²) in [6, 6.07) is 3.25. The number of carbonyl (C=O) groups excluding carboxylic acids is 6. The van der Waals surface area contributed by atoms with Gasteiger partial charge in [-0.05, 0) is 203 Å². The molecular weight excluding hydrogens is 1870 g/mol. The van der Waals surface area contributed by atoms with Crippen molar-refractivity contribution < 1.29 is 152 Å². The fourth-order valence-corrected chi connectivity index (χ4v) is 23.7. The maximum atomic E-state index is 15.1. The number of methoxy groups -OCH3 is 4. The predicted molar refractivity (Wildman–Crippen MR) is 528 cm³/mol. The molecule has 36 atom stereocenters. The zero-order chi connectivity index (χ0) is 108. The molecule has 0 aromatic rings. The number of likely N-dealkylation sites (N-methyl/N-ethyl adjacent to an activating group) is 2. The summed E-state index contributed by atoms with van der Waals surface area (Å²) in [4.78, 5) is 99.7. The summed E-state index contributed by atoms with van der Waals surface area (Å²) in [6.45, 7) is 51.3. The quantitative estimate of drug-likeness (QED) is 0.0181. The molecule has 0 aromatic heterocycles. The Kier molecular flexibility index (Phi) is 45.0. The number of allylic oxidation sites excluding steroid dienone is 1. The molecule has 824 valence electrons. The molecule has 10 fully saturated rings. The number of oxime groups is 2. The number of rotatable bonds is 29. The van der Waals surface area contributed by atoms with Gasteiger partial charge in [0.05, 0.1) is 144 Å². The average Bonchev–Trinajstić information content (AvgIpc) is 1.54. The third-order valence-electron chi connectivity index (χ3n) is 31.4. The Bertz CT molecular complexity index is 4270. The summed E-state index contributed by atoms with van der Waals surface area (Å²) in [5.41, 5.74) is -6.34. The molecule has 10 aliphatic rings. The highest BCUT2D eigenvalue weighted by Gasteiger charge is 2.64. The summed E-state index contributed by atoms with van der Waals surface area (Å²) >= 11 is 0. The lowest BCUT2D eigenvalue weighted by Gasteiger charge is -2.50. The molecule has 10 rings (SSSR count). The van der Waals surface area contributed by atoms with Crippen LogP contribution in [0.15, 0.2) is 23.0 Å². The van der Waals surface area contributed by atoms with E-state index in [-0.39, 0.29) is 88.1 Å². The van der Waals surface area contributed by atoms with Gasteiger partial charge in [-0.1, -0.05) is 85.1 Å². The summed E-state index contributed by atoms with van der Waals surface area (Å²) < 4.78 is 149. The Morgan fingerprint density at radius 3 is 1.18 bits per heavy atom. The van der Waals surface area contributed by atoms with Crippen LogP contribution in [0.2, 0.25) is 0 Å². The smallest absolute Gasteiger partial charge is 0.458 e. The van der Waals surface area contributed by atoms with Crippen molar-refractivity contribution >= 4 is 47.6 Å². The highest BCUT2D eigenvalue weighted by molar-refractivity contribution is 5.90. The Labute approximate surface area is 856 Å². The van der Waals surface area contributed by atoms with E-state index in [0.717, 1.165) is 38.5 Å². The number of hydrogen-bond donors (Lipinski definition) is 1. The normalized spacial score (nSPS) is 41.5. The fraction of sp³-hybridized carbons (Fsp3) is 0.887. The lowest BCUT2D eigenvalue weighted by molar-refractivity contribution is -0.322. The lowest BCUT2D eigenvalue weighted by Crippen LogP contribution is -2.62. The van der Waals surface area contributed by atoms with Gasteiger partial charge in [0.2, 0.25) is 11.6 Å². The highest BCUT2D eigenvalue weighted by Crippen LogP contribution is 2.50.